The molecule has 0 atom stereocenters. The molecular formula is C47H27N3O. The molecular weight excluding hydrogens is 623 g/mol. The summed E-state index contributed by atoms with van der Waals surface area (Å²) >= 11 is 0. The Bertz CT molecular complexity index is 3070. The minimum absolute atomic E-state index is 0.640. The standard InChI is InChI=1S/C47H27N3O/c1-3-12-28(13-4-1)45-48-46(29-14-5-2-6-15-29)50-47(49-45)37-23-22-33(34-18-9-10-19-35(34)37)32-26-40-39-25-31-17-8-7-16-30(31)24-38(39)36-20-11-21-41-43(36)44(40)42(27-32)51-41/h1-27H. The highest BCUT2D eigenvalue weighted by molar-refractivity contribution is 6.34. The van der Waals surface area contributed by atoms with Gasteiger partial charge in [-0.2, -0.15) is 0 Å². The van der Waals surface area contributed by atoms with Gasteiger partial charge in [-0.15, -0.1) is 0 Å². The van der Waals surface area contributed by atoms with Gasteiger partial charge in [-0.1, -0.05) is 127 Å². The van der Waals surface area contributed by atoms with Crippen molar-refractivity contribution in [2.45, 2.75) is 0 Å². The van der Waals surface area contributed by atoms with Crippen molar-refractivity contribution in [2.24, 2.45) is 0 Å². The molecule has 51 heavy (non-hydrogen) atoms. The minimum atomic E-state index is 0.640. The molecule has 2 aromatic heterocycles. The first-order valence-corrected chi connectivity index (χ1v) is 17.2. The average molecular weight is 650 g/mol. The first-order valence-electron chi connectivity index (χ1n) is 17.2. The number of aromatic nitrogens is 3. The van der Waals surface area contributed by atoms with Crippen molar-refractivity contribution in [3.05, 3.63) is 164 Å². The van der Waals surface area contributed by atoms with Crippen LogP contribution < -0.4 is 0 Å². The Hall–Kier alpha value is -6.91. The summed E-state index contributed by atoms with van der Waals surface area (Å²) in [5.74, 6) is 1.93. The Kier molecular flexibility index (Phi) is 5.92. The van der Waals surface area contributed by atoms with Crippen LogP contribution in [0.1, 0.15) is 0 Å². The lowest BCUT2D eigenvalue weighted by Crippen LogP contribution is -2.00. The van der Waals surface area contributed by atoms with Crippen LogP contribution in [0.2, 0.25) is 0 Å². The second kappa shape index (κ2) is 10.8. The summed E-state index contributed by atoms with van der Waals surface area (Å²) in [7, 11) is 0. The van der Waals surface area contributed by atoms with E-state index >= 15 is 0 Å². The summed E-state index contributed by atoms with van der Waals surface area (Å²) in [6.45, 7) is 0. The SMILES string of the molecule is c1ccc(-c2nc(-c3ccccc3)nc(-c3ccc(-c4cc5oc6cccc7c8cc9ccccc9cc8c(c4)c5c67)c4ccccc34)n2)cc1. The van der Waals surface area contributed by atoms with Crippen LogP contribution in [0.15, 0.2) is 168 Å². The Morgan fingerprint density at radius 1 is 0.314 bits per heavy atom. The molecule has 0 saturated heterocycles. The van der Waals surface area contributed by atoms with E-state index in [0.29, 0.717) is 17.5 Å². The maximum atomic E-state index is 6.63. The highest BCUT2D eigenvalue weighted by Crippen LogP contribution is 2.46. The summed E-state index contributed by atoms with van der Waals surface area (Å²) in [5.41, 5.74) is 6.90. The van der Waals surface area contributed by atoms with Gasteiger partial charge in [0.05, 0.1) is 0 Å². The predicted molar refractivity (Wildman–Crippen MR) is 210 cm³/mol. The Morgan fingerprint density at radius 3 is 1.53 bits per heavy atom. The topological polar surface area (TPSA) is 51.8 Å². The number of rotatable bonds is 4. The maximum absolute atomic E-state index is 6.63. The number of hydrogen-bond acceptors (Lipinski definition) is 4. The molecule has 0 bridgehead atoms. The van der Waals surface area contributed by atoms with E-state index in [1.165, 1.54) is 43.1 Å². The van der Waals surface area contributed by atoms with Crippen LogP contribution in [-0.2, 0) is 0 Å². The molecule has 0 amide bonds. The van der Waals surface area contributed by atoms with Crippen LogP contribution >= 0.6 is 0 Å². The summed E-state index contributed by atoms with van der Waals surface area (Å²) in [6, 6.07) is 57.4. The van der Waals surface area contributed by atoms with E-state index in [4.69, 9.17) is 19.4 Å². The fraction of sp³-hybridized carbons (Fsp3) is 0. The minimum Gasteiger partial charge on any atom is -0.456 e. The zero-order valence-corrected chi connectivity index (χ0v) is 27.3. The van der Waals surface area contributed by atoms with Crippen molar-refractivity contribution in [1.29, 1.82) is 0 Å². The Morgan fingerprint density at radius 2 is 0.843 bits per heavy atom. The smallest absolute Gasteiger partial charge is 0.164 e. The molecule has 0 aliphatic carbocycles. The molecule has 11 aromatic rings. The summed E-state index contributed by atoms with van der Waals surface area (Å²) in [6.07, 6.45) is 0. The van der Waals surface area contributed by atoms with E-state index in [1.54, 1.807) is 0 Å². The van der Waals surface area contributed by atoms with Gasteiger partial charge in [0.2, 0.25) is 0 Å². The van der Waals surface area contributed by atoms with E-state index in [2.05, 4.69) is 103 Å². The third-order valence-corrected chi connectivity index (χ3v) is 10.2. The highest BCUT2D eigenvalue weighted by Gasteiger charge is 2.21. The van der Waals surface area contributed by atoms with Gasteiger partial charge in [-0.25, -0.2) is 15.0 Å². The van der Waals surface area contributed by atoms with Gasteiger partial charge < -0.3 is 4.42 Å². The third kappa shape index (κ3) is 4.30. The quantitative estimate of drug-likeness (QED) is 0.141. The lowest BCUT2D eigenvalue weighted by Gasteiger charge is -2.14. The normalized spacial score (nSPS) is 11.9. The van der Waals surface area contributed by atoms with Crippen LogP contribution in [0.25, 0.3) is 110 Å². The van der Waals surface area contributed by atoms with Crippen LogP contribution in [0.3, 0.4) is 0 Å². The van der Waals surface area contributed by atoms with Crippen molar-refractivity contribution in [3.8, 4) is 45.3 Å². The van der Waals surface area contributed by atoms with E-state index in [-0.39, 0.29) is 0 Å². The molecule has 0 unspecified atom stereocenters. The van der Waals surface area contributed by atoms with E-state index in [1.807, 2.05) is 60.7 Å². The maximum Gasteiger partial charge on any atom is 0.164 e. The lowest BCUT2D eigenvalue weighted by molar-refractivity contribution is 0.669. The zero-order valence-electron chi connectivity index (χ0n) is 27.3. The summed E-state index contributed by atoms with van der Waals surface area (Å²) < 4.78 is 6.63. The number of hydrogen-bond donors (Lipinski definition) is 0. The van der Waals surface area contributed by atoms with E-state index < -0.39 is 0 Å². The van der Waals surface area contributed by atoms with Gasteiger partial charge in [0.25, 0.3) is 0 Å². The molecule has 0 spiro atoms. The second-order valence-corrected chi connectivity index (χ2v) is 13.2. The fourth-order valence-electron chi connectivity index (χ4n) is 7.90. The summed E-state index contributed by atoms with van der Waals surface area (Å²) in [5, 5.41) is 11.9. The van der Waals surface area contributed by atoms with Crippen molar-refractivity contribution in [1.82, 2.24) is 15.0 Å². The van der Waals surface area contributed by atoms with Crippen LogP contribution in [0.5, 0.6) is 0 Å². The van der Waals surface area contributed by atoms with Crippen molar-refractivity contribution >= 4 is 65.0 Å². The predicted octanol–water partition coefficient (Wildman–Crippen LogP) is 12.5. The van der Waals surface area contributed by atoms with Gasteiger partial charge in [0.1, 0.15) is 11.2 Å². The molecule has 4 nitrogen and oxygen atoms in total. The van der Waals surface area contributed by atoms with Crippen molar-refractivity contribution < 1.29 is 4.42 Å². The van der Waals surface area contributed by atoms with Gasteiger partial charge in [-0.05, 0) is 90.6 Å². The van der Waals surface area contributed by atoms with Crippen LogP contribution in [0, 0.1) is 0 Å². The molecule has 9 aromatic carbocycles. The molecule has 2 heterocycles. The molecule has 0 aliphatic heterocycles. The fourth-order valence-corrected chi connectivity index (χ4v) is 7.90. The zero-order chi connectivity index (χ0) is 33.5. The molecule has 0 fully saturated rings. The second-order valence-electron chi connectivity index (χ2n) is 13.2. The Labute approximate surface area is 292 Å². The number of fused-ring (bicyclic) bond motifs is 5. The molecule has 0 radical (unpaired) electrons. The highest BCUT2D eigenvalue weighted by atomic mass is 16.3. The van der Waals surface area contributed by atoms with Gasteiger partial charge >= 0.3 is 0 Å². The number of benzene rings is 9. The number of nitrogens with zero attached hydrogens (tertiary/aromatic N) is 3. The van der Waals surface area contributed by atoms with Crippen LogP contribution in [-0.4, -0.2) is 15.0 Å². The molecule has 4 heteroatoms. The Balaban J connectivity index is 1.16. The molecule has 0 saturated carbocycles. The van der Waals surface area contributed by atoms with Gasteiger partial charge in [-0.3, -0.25) is 0 Å². The molecule has 0 aliphatic rings. The number of furan rings is 1. The van der Waals surface area contributed by atoms with Crippen molar-refractivity contribution in [3.63, 3.8) is 0 Å². The monoisotopic (exact) mass is 649 g/mol. The van der Waals surface area contributed by atoms with Crippen LogP contribution in [0.4, 0.5) is 0 Å². The molecule has 236 valence electrons. The summed E-state index contributed by atoms with van der Waals surface area (Å²) in [4.78, 5) is 15.0. The lowest BCUT2D eigenvalue weighted by atomic mass is 9.89. The van der Waals surface area contributed by atoms with Crippen molar-refractivity contribution in [2.75, 3.05) is 0 Å². The van der Waals surface area contributed by atoms with E-state index in [9.17, 15) is 0 Å². The first-order chi connectivity index (χ1) is 25.3. The van der Waals surface area contributed by atoms with Gasteiger partial charge in [0, 0.05) is 27.5 Å². The molecule has 0 N–H and O–H groups in total. The largest absolute Gasteiger partial charge is 0.456 e. The van der Waals surface area contributed by atoms with E-state index in [0.717, 1.165) is 49.8 Å². The van der Waals surface area contributed by atoms with Gasteiger partial charge in [0.15, 0.2) is 17.5 Å². The first kappa shape index (κ1) is 28.0. The molecule has 11 rings (SSSR count). The average Bonchev–Trinajstić information content (AvgIpc) is 3.59. The third-order valence-electron chi connectivity index (χ3n) is 10.2.